The lowest BCUT2D eigenvalue weighted by molar-refractivity contribution is -0.196. The van der Waals surface area contributed by atoms with E-state index in [0.29, 0.717) is 18.3 Å². The maximum absolute atomic E-state index is 12.3. The van der Waals surface area contributed by atoms with E-state index in [1.54, 1.807) is 0 Å². The Balaban J connectivity index is 1.73. The van der Waals surface area contributed by atoms with E-state index in [2.05, 4.69) is 5.32 Å². The van der Waals surface area contributed by atoms with Crippen LogP contribution in [-0.2, 0) is 14.3 Å². The summed E-state index contributed by atoms with van der Waals surface area (Å²) in [5.74, 6) is 0.304. The van der Waals surface area contributed by atoms with Crippen molar-refractivity contribution < 1.29 is 19.4 Å². The number of aliphatic hydroxyl groups is 1. The summed E-state index contributed by atoms with van der Waals surface area (Å²) >= 11 is 0. The molecular weight excluding hydrogens is 246 g/mol. The maximum Gasteiger partial charge on any atom is 0.312 e. The number of esters is 1. The molecule has 4 aliphatic carbocycles. The van der Waals surface area contributed by atoms with Gasteiger partial charge in [0, 0.05) is 7.05 Å². The van der Waals surface area contributed by atoms with Crippen LogP contribution < -0.4 is 5.32 Å². The van der Waals surface area contributed by atoms with Crippen molar-refractivity contribution in [3.8, 4) is 0 Å². The Morgan fingerprint density at radius 3 is 2.42 bits per heavy atom. The van der Waals surface area contributed by atoms with Gasteiger partial charge in [-0.15, -0.1) is 0 Å². The Hall–Kier alpha value is -1.10. The molecule has 0 heterocycles. The van der Waals surface area contributed by atoms with Crippen molar-refractivity contribution in [1.82, 2.24) is 5.32 Å². The average Bonchev–Trinajstić information content (AvgIpc) is 2.32. The first-order valence-electron chi connectivity index (χ1n) is 7.05. The zero-order valence-electron chi connectivity index (χ0n) is 11.3. The monoisotopic (exact) mass is 267 g/mol. The highest BCUT2D eigenvalue weighted by Crippen LogP contribution is 2.61. The fraction of sp³-hybridized carbons (Fsp3) is 0.857. The van der Waals surface area contributed by atoms with Gasteiger partial charge in [-0.25, -0.2) is 0 Å². The lowest BCUT2D eigenvalue weighted by atomic mass is 9.48. The molecular formula is C14H21NO4. The van der Waals surface area contributed by atoms with Crippen LogP contribution in [0.15, 0.2) is 0 Å². The molecule has 0 saturated heterocycles. The number of hydrogen-bond acceptors (Lipinski definition) is 4. The molecule has 0 radical (unpaired) electrons. The number of hydrogen-bond donors (Lipinski definition) is 2. The summed E-state index contributed by atoms with van der Waals surface area (Å²) in [5, 5.41) is 13.0. The molecule has 5 heteroatoms. The Labute approximate surface area is 112 Å². The van der Waals surface area contributed by atoms with Gasteiger partial charge in [-0.2, -0.15) is 0 Å². The normalized spacial score (nSPS) is 43.1. The second-order valence-electron chi connectivity index (χ2n) is 6.72. The minimum atomic E-state index is -0.671. The summed E-state index contributed by atoms with van der Waals surface area (Å²) in [6.07, 6.45) is 4.94. The fourth-order valence-electron chi connectivity index (χ4n) is 4.81. The van der Waals surface area contributed by atoms with Crippen LogP contribution in [-0.4, -0.2) is 36.2 Å². The SMILES string of the molecule is CNC(=O)COC(=O)C12C[C@@H]3C[C@H](CC(O)(C3)C1)C2. The summed E-state index contributed by atoms with van der Waals surface area (Å²) in [6, 6.07) is 0. The summed E-state index contributed by atoms with van der Waals surface area (Å²) in [7, 11) is 1.52. The van der Waals surface area contributed by atoms with Gasteiger partial charge >= 0.3 is 5.97 Å². The first-order valence-corrected chi connectivity index (χ1v) is 7.05. The molecule has 4 fully saturated rings. The van der Waals surface area contributed by atoms with Gasteiger partial charge in [0.05, 0.1) is 11.0 Å². The topological polar surface area (TPSA) is 75.6 Å². The standard InChI is InChI=1S/C14H21NO4/c1-15-11(16)7-19-12(17)13-3-9-2-10(4-13)6-14(18,5-9)8-13/h9-10,18H,2-8H2,1H3,(H,15,16)/t9-,10-,13?,14?/m0/s1. The predicted octanol–water partition coefficient (Wildman–Crippen LogP) is 0.607. The molecule has 4 rings (SSSR count). The first kappa shape index (κ1) is 12.9. The minimum Gasteiger partial charge on any atom is -0.455 e. The van der Waals surface area contributed by atoms with Crippen LogP contribution in [0.25, 0.3) is 0 Å². The van der Waals surface area contributed by atoms with E-state index in [0.717, 1.165) is 32.1 Å². The van der Waals surface area contributed by atoms with Crippen LogP contribution in [0, 0.1) is 17.3 Å². The average molecular weight is 267 g/mol. The fourth-order valence-corrected chi connectivity index (χ4v) is 4.81. The van der Waals surface area contributed by atoms with E-state index >= 15 is 0 Å². The molecule has 19 heavy (non-hydrogen) atoms. The summed E-state index contributed by atoms with van der Waals surface area (Å²) in [6.45, 7) is -0.217. The van der Waals surface area contributed by atoms with E-state index in [1.165, 1.54) is 7.05 Å². The van der Waals surface area contributed by atoms with Crippen molar-refractivity contribution in [2.24, 2.45) is 17.3 Å². The number of nitrogens with one attached hydrogen (secondary N) is 1. The smallest absolute Gasteiger partial charge is 0.312 e. The van der Waals surface area contributed by atoms with Crippen molar-refractivity contribution in [3.63, 3.8) is 0 Å². The van der Waals surface area contributed by atoms with Gasteiger partial charge in [-0.1, -0.05) is 0 Å². The van der Waals surface area contributed by atoms with Gasteiger partial charge in [0.25, 0.3) is 5.91 Å². The molecule has 4 aliphatic rings. The molecule has 106 valence electrons. The molecule has 1 amide bonds. The number of rotatable bonds is 3. The van der Waals surface area contributed by atoms with Crippen molar-refractivity contribution in [2.75, 3.05) is 13.7 Å². The number of likely N-dealkylation sites (N-methyl/N-ethyl adjacent to an activating group) is 1. The first-order chi connectivity index (χ1) is 8.95. The van der Waals surface area contributed by atoms with Crippen molar-refractivity contribution in [3.05, 3.63) is 0 Å². The van der Waals surface area contributed by atoms with Crippen LogP contribution in [0.1, 0.15) is 38.5 Å². The second kappa shape index (κ2) is 4.20. The number of carbonyl (C=O) groups is 2. The zero-order valence-corrected chi connectivity index (χ0v) is 11.3. The number of amides is 1. The minimum absolute atomic E-state index is 0.217. The third-order valence-electron chi connectivity index (χ3n) is 5.08. The van der Waals surface area contributed by atoms with Crippen LogP contribution in [0.5, 0.6) is 0 Å². The quantitative estimate of drug-likeness (QED) is 0.735. The Morgan fingerprint density at radius 2 is 1.89 bits per heavy atom. The van der Waals surface area contributed by atoms with E-state index in [1.807, 2.05) is 0 Å². The molecule has 0 unspecified atom stereocenters. The Bertz CT molecular complexity index is 406. The number of carbonyl (C=O) groups excluding carboxylic acids is 2. The highest BCUT2D eigenvalue weighted by Gasteiger charge is 2.60. The van der Waals surface area contributed by atoms with Crippen LogP contribution >= 0.6 is 0 Å². The lowest BCUT2D eigenvalue weighted by Crippen LogP contribution is -2.58. The van der Waals surface area contributed by atoms with E-state index in [-0.39, 0.29) is 18.5 Å². The third-order valence-corrected chi connectivity index (χ3v) is 5.08. The van der Waals surface area contributed by atoms with E-state index in [9.17, 15) is 14.7 Å². The van der Waals surface area contributed by atoms with Gasteiger partial charge in [-0.05, 0) is 50.4 Å². The largest absolute Gasteiger partial charge is 0.455 e. The lowest BCUT2D eigenvalue weighted by Gasteiger charge is -2.58. The Kier molecular flexibility index (Phi) is 2.85. The predicted molar refractivity (Wildman–Crippen MR) is 67.1 cm³/mol. The van der Waals surface area contributed by atoms with E-state index < -0.39 is 11.0 Å². The maximum atomic E-state index is 12.3. The third kappa shape index (κ3) is 2.14. The summed E-state index contributed by atoms with van der Waals surface area (Å²) < 4.78 is 5.16. The zero-order chi connectivity index (χ0) is 13.7. The highest BCUT2D eigenvalue weighted by molar-refractivity contribution is 5.83. The van der Waals surface area contributed by atoms with E-state index in [4.69, 9.17) is 4.74 Å². The molecule has 4 saturated carbocycles. The van der Waals surface area contributed by atoms with Gasteiger partial charge in [0.2, 0.25) is 0 Å². The van der Waals surface area contributed by atoms with Crippen molar-refractivity contribution >= 4 is 11.9 Å². The van der Waals surface area contributed by atoms with Gasteiger partial charge in [-0.3, -0.25) is 9.59 Å². The van der Waals surface area contributed by atoms with Crippen LogP contribution in [0.2, 0.25) is 0 Å². The molecule has 2 N–H and O–H groups in total. The summed E-state index contributed by atoms with van der Waals surface area (Å²) in [4.78, 5) is 23.5. The molecule has 0 aliphatic heterocycles. The molecule has 0 aromatic rings. The molecule has 0 spiro atoms. The van der Waals surface area contributed by atoms with Gasteiger partial charge < -0.3 is 15.2 Å². The molecule has 4 bridgehead atoms. The van der Waals surface area contributed by atoms with Gasteiger partial charge in [0.1, 0.15) is 0 Å². The van der Waals surface area contributed by atoms with Crippen LogP contribution in [0.3, 0.4) is 0 Å². The van der Waals surface area contributed by atoms with Crippen LogP contribution in [0.4, 0.5) is 0 Å². The number of ether oxygens (including phenoxy) is 1. The van der Waals surface area contributed by atoms with Crippen molar-refractivity contribution in [1.29, 1.82) is 0 Å². The Morgan fingerprint density at radius 1 is 1.26 bits per heavy atom. The molecule has 2 atom stereocenters. The highest BCUT2D eigenvalue weighted by atomic mass is 16.5. The second-order valence-corrected chi connectivity index (χ2v) is 6.72. The summed E-state index contributed by atoms with van der Waals surface area (Å²) in [5.41, 5.74) is -1.21. The van der Waals surface area contributed by atoms with Gasteiger partial charge in [0.15, 0.2) is 6.61 Å². The van der Waals surface area contributed by atoms with Crippen molar-refractivity contribution in [2.45, 2.75) is 44.1 Å². The molecule has 0 aromatic heterocycles. The molecule has 0 aromatic carbocycles. The molecule has 5 nitrogen and oxygen atoms in total.